The maximum atomic E-state index is 2.48. The Labute approximate surface area is 298 Å². The molecule has 0 unspecified atom stereocenters. The van der Waals surface area contributed by atoms with Crippen molar-refractivity contribution in [2.75, 3.05) is 0 Å². The number of thiophene rings is 1. The molecule has 0 atom stereocenters. The Balaban J connectivity index is 1.18. The predicted molar refractivity (Wildman–Crippen MR) is 219 cm³/mol. The summed E-state index contributed by atoms with van der Waals surface area (Å²) in [5.74, 6) is 0. The van der Waals surface area contributed by atoms with Gasteiger partial charge in [-0.2, -0.15) is 0 Å². The second kappa shape index (κ2) is 11.0. The van der Waals surface area contributed by atoms with Crippen LogP contribution in [0.5, 0.6) is 0 Å². The highest BCUT2D eigenvalue weighted by Crippen LogP contribution is 2.44. The first-order valence-electron chi connectivity index (χ1n) is 17.4. The van der Waals surface area contributed by atoms with Crippen LogP contribution < -0.4 is 0 Å². The molecule has 0 aliphatic rings. The van der Waals surface area contributed by atoms with Crippen LogP contribution in [0.4, 0.5) is 0 Å². The normalized spacial score (nSPS) is 11.9. The third kappa shape index (κ3) is 4.16. The molecule has 3 heterocycles. The molecule has 0 saturated carbocycles. The SMILES string of the molecule is c1ccc(-c2ccccc2-n2c3ccccc3c3c2ccc2c4ccccc4n(-c4ccc(-c5cccc6c5sc5ccccc56)cc4)c23)cc1. The first-order valence-corrected chi connectivity index (χ1v) is 18.3. The van der Waals surface area contributed by atoms with E-state index in [4.69, 9.17) is 0 Å². The minimum atomic E-state index is 1.16. The van der Waals surface area contributed by atoms with Crippen LogP contribution in [-0.2, 0) is 0 Å². The third-order valence-corrected chi connectivity index (χ3v) is 11.8. The molecule has 0 bridgehead atoms. The molecule has 0 spiro atoms. The molecule has 2 nitrogen and oxygen atoms in total. The van der Waals surface area contributed by atoms with Gasteiger partial charge in [-0.25, -0.2) is 0 Å². The highest BCUT2D eigenvalue weighted by molar-refractivity contribution is 7.26. The van der Waals surface area contributed by atoms with Crippen molar-refractivity contribution in [1.82, 2.24) is 9.13 Å². The Morgan fingerprint density at radius 3 is 1.82 bits per heavy atom. The summed E-state index contributed by atoms with van der Waals surface area (Å²) in [6.07, 6.45) is 0. The second-order valence-corrected chi connectivity index (χ2v) is 14.3. The molecular weight excluding hydrogens is 637 g/mol. The molecule has 3 aromatic heterocycles. The molecule has 0 fully saturated rings. The number of para-hydroxylation sites is 3. The van der Waals surface area contributed by atoms with Gasteiger partial charge in [0.25, 0.3) is 0 Å². The van der Waals surface area contributed by atoms with Crippen molar-refractivity contribution in [2.24, 2.45) is 0 Å². The van der Waals surface area contributed by atoms with Crippen LogP contribution in [0.3, 0.4) is 0 Å². The van der Waals surface area contributed by atoms with E-state index in [1.54, 1.807) is 0 Å². The monoisotopic (exact) mass is 666 g/mol. The van der Waals surface area contributed by atoms with Crippen molar-refractivity contribution in [2.45, 2.75) is 0 Å². The minimum Gasteiger partial charge on any atom is -0.309 e. The fraction of sp³-hybridized carbons (Fsp3) is 0. The molecule has 0 amide bonds. The lowest BCUT2D eigenvalue weighted by molar-refractivity contribution is 1.17. The topological polar surface area (TPSA) is 9.86 Å². The van der Waals surface area contributed by atoms with Crippen molar-refractivity contribution in [3.63, 3.8) is 0 Å². The average Bonchev–Trinajstić information content (AvgIpc) is 3.86. The summed E-state index contributed by atoms with van der Waals surface area (Å²) in [4.78, 5) is 0. The van der Waals surface area contributed by atoms with E-state index >= 15 is 0 Å². The van der Waals surface area contributed by atoms with Gasteiger partial charge in [-0.15, -0.1) is 11.3 Å². The first-order chi connectivity index (χ1) is 25.3. The van der Waals surface area contributed by atoms with E-state index < -0.39 is 0 Å². The van der Waals surface area contributed by atoms with Gasteiger partial charge in [0.1, 0.15) is 0 Å². The van der Waals surface area contributed by atoms with Gasteiger partial charge in [0.15, 0.2) is 0 Å². The Kier molecular flexibility index (Phi) is 6.16. The van der Waals surface area contributed by atoms with E-state index in [0.717, 1.165) is 5.69 Å². The summed E-state index contributed by atoms with van der Waals surface area (Å²) in [5, 5.41) is 7.69. The zero-order valence-corrected chi connectivity index (χ0v) is 28.4. The van der Waals surface area contributed by atoms with Crippen molar-refractivity contribution < 1.29 is 0 Å². The summed E-state index contributed by atoms with van der Waals surface area (Å²) < 4.78 is 7.62. The highest BCUT2D eigenvalue weighted by Gasteiger charge is 2.22. The van der Waals surface area contributed by atoms with E-state index in [0.29, 0.717) is 0 Å². The first kappa shape index (κ1) is 28.4. The highest BCUT2D eigenvalue weighted by atomic mass is 32.1. The smallest absolute Gasteiger partial charge is 0.0641 e. The third-order valence-electron chi connectivity index (χ3n) is 10.5. The number of hydrogen-bond donors (Lipinski definition) is 0. The van der Waals surface area contributed by atoms with Gasteiger partial charge in [-0.05, 0) is 59.2 Å². The van der Waals surface area contributed by atoms with Crippen molar-refractivity contribution in [1.29, 1.82) is 0 Å². The summed E-state index contributed by atoms with van der Waals surface area (Å²) in [7, 11) is 0. The number of hydrogen-bond acceptors (Lipinski definition) is 1. The zero-order valence-electron chi connectivity index (χ0n) is 27.6. The fourth-order valence-corrected chi connectivity index (χ4v) is 9.57. The van der Waals surface area contributed by atoms with Crippen molar-refractivity contribution in [3.05, 3.63) is 182 Å². The van der Waals surface area contributed by atoms with Crippen molar-refractivity contribution in [3.8, 4) is 33.6 Å². The van der Waals surface area contributed by atoms with E-state index in [1.807, 2.05) is 11.3 Å². The van der Waals surface area contributed by atoms with Gasteiger partial charge < -0.3 is 9.13 Å². The molecule has 8 aromatic carbocycles. The molecule has 0 saturated heterocycles. The van der Waals surface area contributed by atoms with Crippen LogP contribution in [0.15, 0.2) is 182 Å². The number of aromatic nitrogens is 2. The maximum Gasteiger partial charge on any atom is 0.0641 e. The summed E-state index contributed by atoms with van der Waals surface area (Å²) >= 11 is 1.88. The van der Waals surface area contributed by atoms with E-state index in [9.17, 15) is 0 Å². The standard InChI is InChI=1S/C48H30N2S/c1-2-13-31(14-3-1)34-15-4-8-21-41(34)50-43-23-10-6-18-40(43)46-44(50)30-29-38-36-16-5-9-22-42(36)49(47(38)46)33-27-25-32(26-28-33)35-19-12-20-39-37-17-7-11-24-45(37)51-48(35)39/h1-30H. The largest absolute Gasteiger partial charge is 0.309 e. The Morgan fingerprint density at radius 2 is 0.980 bits per heavy atom. The van der Waals surface area contributed by atoms with Gasteiger partial charge in [0, 0.05) is 53.0 Å². The van der Waals surface area contributed by atoms with E-state index in [2.05, 4.69) is 191 Å². The lowest BCUT2D eigenvalue weighted by Gasteiger charge is -2.14. The molecule has 11 aromatic rings. The van der Waals surface area contributed by atoms with Crippen LogP contribution in [0.2, 0.25) is 0 Å². The van der Waals surface area contributed by atoms with Gasteiger partial charge >= 0.3 is 0 Å². The zero-order chi connectivity index (χ0) is 33.5. The quantitative estimate of drug-likeness (QED) is 0.177. The van der Waals surface area contributed by atoms with Gasteiger partial charge in [0.2, 0.25) is 0 Å². The van der Waals surface area contributed by atoms with Gasteiger partial charge in [-0.1, -0.05) is 140 Å². The lowest BCUT2D eigenvalue weighted by Crippen LogP contribution is -1.97. The van der Waals surface area contributed by atoms with E-state index in [-0.39, 0.29) is 0 Å². The lowest BCUT2D eigenvalue weighted by atomic mass is 10.0. The molecular formula is C48H30N2S. The molecule has 3 heteroatoms. The molecule has 0 radical (unpaired) electrons. The molecule has 0 N–H and O–H groups in total. The summed E-state index contributed by atoms with van der Waals surface area (Å²) in [6.45, 7) is 0. The van der Waals surface area contributed by atoms with Crippen LogP contribution >= 0.6 is 11.3 Å². The second-order valence-electron chi connectivity index (χ2n) is 13.3. The molecule has 0 aliphatic heterocycles. The number of benzene rings is 8. The Morgan fingerprint density at radius 1 is 0.353 bits per heavy atom. The Bertz CT molecular complexity index is 3120. The summed E-state index contributed by atoms with van der Waals surface area (Å²) in [5.41, 5.74) is 12.1. The molecule has 0 aliphatic carbocycles. The number of rotatable bonds is 4. The minimum absolute atomic E-state index is 1.16. The predicted octanol–water partition coefficient (Wildman–Crippen LogP) is 13.6. The number of fused-ring (bicyclic) bond motifs is 10. The van der Waals surface area contributed by atoms with Crippen LogP contribution in [0.1, 0.15) is 0 Å². The van der Waals surface area contributed by atoms with Gasteiger partial charge in [-0.3, -0.25) is 0 Å². The average molecular weight is 667 g/mol. The maximum absolute atomic E-state index is 2.48. The molecule has 238 valence electrons. The molecule has 11 rings (SSSR count). The molecule has 51 heavy (non-hydrogen) atoms. The Hall–Kier alpha value is -6.42. The van der Waals surface area contributed by atoms with Crippen LogP contribution in [-0.4, -0.2) is 9.13 Å². The fourth-order valence-electron chi connectivity index (χ4n) is 8.33. The van der Waals surface area contributed by atoms with Crippen molar-refractivity contribution >= 4 is 75.1 Å². The summed E-state index contributed by atoms with van der Waals surface area (Å²) in [6, 6.07) is 66.5. The van der Waals surface area contributed by atoms with Gasteiger partial charge in [0.05, 0.1) is 27.8 Å². The van der Waals surface area contributed by atoms with E-state index in [1.165, 1.54) is 91.7 Å². The number of nitrogens with zero attached hydrogens (tertiary/aromatic N) is 2. The van der Waals surface area contributed by atoms with Crippen LogP contribution in [0, 0.1) is 0 Å². The van der Waals surface area contributed by atoms with Crippen LogP contribution in [0.25, 0.3) is 97.4 Å².